The largest absolute Gasteiger partial charge is 0.287 e. The molecule has 2 unspecified atom stereocenters. The summed E-state index contributed by atoms with van der Waals surface area (Å²) in [5.74, 6) is 0.259. The fourth-order valence-corrected chi connectivity index (χ4v) is 4.91. The van der Waals surface area contributed by atoms with Gasteiger partial charge in [0.2, 0.25) is 10.0 Å². The van der Waals surface area contributed by atoms with Gasteiger partial charge in [0, 0.05) is 31.4 Å². The number of nitrogens with zero attached hydrogens (tertiary/aromatic N) is 2. The van der Waals surface area contributed by atoms with Crippen molar-refractivity contribution in [1.29, 1.82) is 0 Å². The summed E-state index contributed by atoms with van der Waals surface area (Å²) in [6.45, 7) is 10.6. The summed E-state index contributed by atoms with van der Waals surface area (Å²) in [7, 11) is -4.74. The molecule has 0 heterocycles. The maximum absolute atomic E-state index is 12.0. The summed E-state index contributed by atoms with van der Waals surface area (Å²) in [5.41, 5.74) is -0.470. The molecule has 6 nitrogen and oxygen atoms in total. The molecule has 0 aromatic rings. The summed E-state index contributed by atoms with van der Waals surface area (Å²) in [6, 6.07) is 0.120. The Balaban J connectivity index is 5.31. The lowest BCUT2D eigenvalue weighted by atomic mass is 9.85. The Bertz CT molecular complexity index is 587. The number of rotatable bonds is 11. The average Bonchev–Trinajstić information content (AvgIpc) is 2.42. The first kappa shape index (κ1) is 23.8. The van der Waals surface area contributed by atoms with Crippen molar-refractivity contribution in [3.8, 4) is 0 Å². The minimum absolute atomic E-state index is 0.0337. The standard InChI is InChI=1S/C16H36N2O4S2/c1-9-15(12-18(14(3)4)13-23(7,19)20)11-16(5,10-2)17(6)24(8,21)22/h14-15H,9-13H2,1-8H3. The molecular weight excluding hydrogens is 348 g/mol. The molecule has 0 aliphatic rings. The van der Waals surface area contributed by atoms with Crippen LogP contribution in [0.1, 0.15) is 53.9 Å². The highest BCUT2D eigenvalue weighted by Gasteiger charge is 2.35. The van der Waals surface area contributed by atoms with E-state index in [0.717, 1.165) is 6.42 Å². The van der Waals surface area contributed by atoms with Crippen LogP contribution in [0.4, 0.5) is 0 Å². The van der Waals surface area contributed by atoms with E-state index >= 15 is 0 Å². The van der Waals surface area contributed by atoms with Crippen molar-refractivity contribution in [1.82, 2.24) is 9.21 Å². The predicted octanol–water partition coefficient (Wildman–Crippen LogP) is 2.18. The SMILES string of the molecule is CCC(CN(CS(C)(=O)=O)C(C)C)CC(C)(CC)N(C)S(C)(=O)=O. The van der Waals surface area contributed by atoms with Gasteiger partial charge in [-0.1, -0.05) is 20.3 Å². The summed E-state index contributed by atoms with van der Waals surface area (Å²) < 4.78 is 48.7. The first-order chi connectivity index (χ1) is 10.7. The fourth-order valence-electron chi connectivity index (χ4n) is 2.90. The highest BCUT2D eigenvalue weighted by Crippen LogP contribution is 2.30. The molecule has 24 heavy (non-hydrogen) atoms. The van der Waals surface area contributed by atoms with Crippen LogP contribution in [-0.4, -0.2) is 69.6 Å². The van der Waals surface area contributed by atoms with Gasteiger partial charge in [-0.3, -0.25) is 4.90 Å². The number of sulfonamides is 1. The van der Waals surface area contributed by atoms with E-state index in [-0.39, 0.29) is 17.8 Å². The summed E-state index contributed by atoms with van der Waals surface area (Å²) in [6.07, 6.45) is 4.76. The maximum atomic E-state index is 12.0. The van der Waals surface area contributed by atoms with Crippen molar-refractivity contribution in [2.75, 3.05) is 32.0 Å². The molecule has 0 fully saturated rings. The molecule has 146 valence electrons. The van der Waals surface area contributed by atoms with Gasteiger partial charge in [-0.15, -0.1) is 0 Å². The summed E-state index contributed by atoms with van der Waals surface area (Å²) in [5, 5.41) is 0. The van der Waals surface area contributed by atoms with Gasteiger partial charge in [0.1, 0.15) is 5.88 Å². The third-order valence-electron chi connectivity index (χ3n) is 4.95. The van der Waals surface area contributed by atoms with Gasteiger partial charge in [-0.2, -0.15) is 4.31 Å². The summed E-state index contributed by atoms with van der Waals surface area (Å²) >= 11 is 0. The molecule has 0 radical (unpaired) electrons. The van der Waals surface area contributed by atoms with Gasteiger partial charge in [-0.25, -0.2) is 16.8 Å². The molecule has 0 amide bonds. The first-order valence-electron chi connectivity index (χ1n) is 8.52. The van der Waals surface area contributed by atoms with Crippen molar-refractivity contribution < 1.29 is 16.8 Å². The maximum Gasteiger partial charge on any atom is 0.211 e. The molecule has 0 aliphatic carbocycles. The number of hydrogen-bond acceptors (Lipinski definition) is 5. The van der Waals surface area contributed by atoms with Crippen LogP contribution in [0.15, 0.2) is 0 Å². The lowest BCUT2D eigenvalue weighted by Crippen LogP contribution is -2.49. The monoisotopic (exact) mass is 384 g/mol. The summed E-state index contributed by atoms with van der Waals surface area (Å²) in [4.78, 5) is 1.96. The Morgan fingerprint density at radius 3 is 1.83 bits per heavy atom. The lowest BCUT2D eigenvalue weighted by molar-refractivity contribution is 0.142. The Labute approximate surface area is 149 Å². The molecule has 0 aliphatic heterocycles. The normalized spacial score (nSPS) is 17.5. The Hall–Kier alpha value is -0.180. The molecule has 0 saturated heterocycles. The minimum Gasteiger partial charge on any atom is -0.287 e. The van der Waals surface area contributed by atoms with Crippen LogP contribution in [0.3, 0.4) is 0 Å². The zero-order chi connectivity index (χ0) is 19.3. The van der Waals surface area contributed by atoms with Crippen LogP contribution in [-0.2, 0) is 19.9 Å². The molecular formula is C16H36N2O4S2. The highest BCUT2D eigenvalue weighted by atomic mass is 32.2. The second kappa shape index (κ2) is 8.96. The van der Waals surface area contributed by atoms with E-state index in [1.165, 1.54) is 16.8 Å². The van der Waals surface area contributed by atoms with Crippen LogP contribution in [0.5, 0.6) is 0 Å². The van der Waals surface area contributed by atoms with Gasteiger partial charge in [0.15, 0.2) is 9.84 Å². The van der Waals surface area contributed by atoms with Crippen molar-refractivity contribution in [3.05, 3.63) is 0 Å². The Kier molecular flexibility index (Phi) is 8.89. The number of hydrogen-bond donors (Lipinski definition) is 0. The lowest BCUT2D eigenvalue weighted by Gasteiger charge is -2.40. The fraction of sp³-hybridized carbons (Fsp3) is 1.00. The van der Waals surface area contributed by atoms with Crippen LogP contribution in [0.2, 0.25) is 0 Å². The van der Waals surface area contributed by atoms with E-state index in [1.807, 2.05) is 32.6 Å². The second-order valence-electron chi connectivity index (χ2n) is 7.48. The van der Waals surface area contributed by atoms with E-state index in [4.69, 9.17) is 0 Å². The third-order valence-corrected chi connectivity index (χ3v) is 7.18. The molecule has 0 saturated carbocycles. The minimum atomic E-state index is -3.28. The van der Waals surface area contributed by atoms with Crippen LogP contribution >= 0.6 is 0 Å². The molecule has 0 aromatic heterocycles. The van der Waals surface area contributed by atoms with Crippen LogP contribution in [0.25, 0.3) is 0 Å². The van der Waals surface area contributed by atoms with Crippen molar-refractivity contribution in [2.45, 2.75) is 65.5 Å². The smallest absolute Gasteiger partial charge is 0.211 e. The second-order valence-corrected chi connectivity index (χ2v) is 11.6. The third kappa shape index (κ3) is 7.80. The molecule has 0 N–H and O–H groups in total. The highest BCUT2D eigenvalue weighted by molar-refractivity contribution is 7.90. The first-order valence-corrected chi connectivity index (χ1v) is 12.4. The van der Waals surface area contributed by atoms with Crippen molar-refractivity contribution in [3.63, 3.8) is 0 Å². The van der Waals surface area contributed by atoms with Gasteiger partial charge in [0.05, 0.1) is 6.26 Å². The van der Waals surface area contributed by atoms with Gasteiger partial charge in [0.25, 0.3) is 0 Å². The Morgan fingerprint density at radius 2 is 1.54 bits per heavy atom. The van der Waals surface area contributed by atoms with E-state index in [2.05, 4.69) is 6.92 Å². The molecule has 0 aromatic carbocycles. The van der Waals surface area contributed by atoms with E-state index in [0.29, 0.717) is 19.4 Å². The van der Waals surface area contributed by atoms with Gasteiger partial charge >= 0.3 is 0 Å². The van der Waals surface area contributed by atoms with Crippen molar-refractivity contribution >= 4 is 19.9 Å². The van der Waals surface area contributed by atoms with Crippen molar-refractivity contribution in [2.24, 2.45) is 5.92 Å². The van der Waals surface area contributed by atoms with E-state index in [9.17, 15) is 16.8 Å². The average molecular weight is 385 g/mol. The quantitative estimate of drug-likeness (QED) is 0.546. The zero-order valence-electron chi connectivity index (χ0n) is 16.5. The zero-order valence-corrected chi connectivity index (χ0v) is 18.2. The molecule has 0 bridgehead atoms. The molecule has 0 rings (SSSR count). The van der Waals surface area contributed by atoms with Gasteiger partial charge < -0.3 is 0 Å². The Morgan fingerprint density at radius 1 is 1.04 bits per heavy atom. The van der Waals surface area contributed by atoms with Gasteiger partial charge in [-0.05, 0) is 39.5 Å². The molecule has 8 heteroatoms. The van der Waals surface area contributed by atoms with E-state index < -0.39 is 25.4 Å². The molecule has 0 spiro atoms. The van der Waals surface area contributed by atoms with Crippen LogP contribution < -0.4 is 0 Å². The number of sulfone groups is 1. The predicted molar refractivity (Wildman–Crippen MR) is 101 cm³/mol. The van der Waals surface area contributed by atoms with E-state index in [1.54, 1.807) is 7.05 Å². The topological polar surface area (TPSA) is 74.8 Å². The van der Waals surface area contributed by atoms with Crippen LogP contribution in [0, 0.1) is 5.92 Å². The molecule has 2 atom stereocenters.